The number of nitrogens with one attached hydrogen (secondary N) is 2. The second-order valence-corrected chi connectivity index (χ2v) is 7.19. The van der Waals surface area contributed by atoms with Gasteiger partial charge in [-0.25, -0.2) is 0 Å². The van der Waals surface area contributed by atoms with Crippen LogP contribution >= 0.6 is 0 Å². The zero-order valence-electron chi connectivity index (χ0n) is 18.1. The van der Waals surface area contributed by atoms with Gasteiger partial charge in [-0.3, -0.25) is 20.2 Å². The Morgan fingerprint density at radius 1 is 0.938 bits per heavy atom. The van der Waals surface area contributed by atoms with Crippen LogP contribution in [0.25, 0.3) is 0 Å². The second kappa shape index (κ2) is 10.4. The number of hydrogen-bond donors (Lipinski definition) is 2. The average molecular weight is 435 g/mol. The minimum absolute atomic E-state index is 0.0479. The van der Waals surface area contributed by atoms with Gasteiger partial charge in [0.05, 0.1) is 37.8 Å². The lowest BCUT2D eigenvalue weighted by Gasteiger charge is -2.20. The van der Waals surface area contributed by atoms with Gasteiger partial charge in [0.2, 0.25) is 5.91 Å². The molecule has 0 heterocycles. The molecule has 1 atom stereocenters. The summed E-state index contributed by atoms with van der Waals surface area (Å²) in [5.74, 6) is 0.677. The Morgan fingerprint density at radius 3 is 2.06 bits per heavy atom. The van der Waals surface area contributed by atoms with Crippen molar-refractivity contribution < 1.29 is 19.2 Å². The molecular formula is C24H25N3O5. The number of rotatable bonds is 9. The smallest absolute Gasteiger partial charge is 0.296 e. The summed E-state index contributed by atoms with van der Waals surface area (Å²) in [6.07, 6.45) is 0. The third-order valence-electron chi connectivity index (χ3n) is 5.00. The van der Waals surface area contributed by atoms with E-state index in [1.165, 1.54) is 19.2 Å². The molecule has 1 unspecified atom stereocenters. The van der Waals surface area contributed by atoms with Crippen LogP contribution in [0.15, 0.2) is 66.7 Å². The van der Waals surface area contributed by atoms with Crippen molar-refractivity contribution in [1.29, 1.82) is 0 Å². The van der Waals surface area contributed by atoms with Gasteiger partial charge in [-0.05, 0) is 42.3 Å². The maximum Gasteiger partial charge on any atom is 0.296 e. The number of carbonyl (C=O) groups excluding carboxylic acids is 1. The molecule has 3 aromatic rings. The number of methoxy groups -OCH3 is 2. The third kappa shape index (κ3) is 5.61. The zero-order chi connectivity index (χ0) is 23.1. The number of anilines is 1. The van der Waals surface area contributed by atoms with E-state index in [1.807, 2.05) is 55.5 Å². The Morgan fingerprint density at radius 2 is 1.50 bits per heavy atom. The molecule has 0 fully saturated rings. The zero-order valence-corrected chi connectivity index (χ0v) is 18.1. The minimum Gasteiger partial charge on any atom is -0.497 e. The van der Waals surface area contributed by atoms with Crippen LogP contribution in [0.2, 0.25) is 0 Å². The lowest BCUT2D eigenvalue weighted by atomic mass is 9.97. The SMILES string of the molecule is COc1ccc(C(NCC(=O)Nc2ccc(OC)cc2[N+](=O)[O-])c2ccc(C)cc2)cc1. The van der Waals surface area contributed by atoms with Gasteiger partial charge in [-0.2, -0.15) is 0 Å². The highest BCUT2D eigenvalue weighted by atomic mass is 16.6. The van der Waals surface area contributed by atoms with E-state index >= 15 is 0 Å². The van der Waals surface area contributed by atoms with Crippen LogP contribution in [0.1, 0.15) is 22.7 Å². The number of ether oxygens (including phenoxy) is 2. The highest BCUT2D eigenvalue weighted by Gasteiger charge is 2.19. The lowest BCUT2D eigenvalue weighted by molar-refractivity contribution is -0.384. The number of benzene rings is 3. The number of hydrogen-bond acceptors (Lipinski definition) is 6. The van der Waals surface area contributed by atoms with Crippen molar-refractivity contribution in [2.75, 3.05) is 26.1 Å². The van der Waals surface area contributed by atoms with Crippen molar-refractivity contribution in [2.45, 2.75) is 13.0 Å². The fraction of sp³-hybridized carbons (Fsp3) is 0.208. The van der Waals surface area contributed by atoms with E-state index in [9.17, 15) is 14.9 Å². The van der Waals surface area contributed by atoms with Crippen molar-refractivity contribution in [3.63, 3.8) is 0 Å². The summed E-state index contributed by atoms with van der Waals surface area (Å²) in [4.78, 5) is 23.4. The molecule has 0 spiro atoms. The van der Waals surface area contributed by atoms with Crippen LogP contribution in [-0.2, 0) is 4.79 Å². The van der Waals surface area contributed by atoms with Gasteiger partial charge < -0.3 is 14.8 Å². The normalized spacial score (nSPS) is 11.5. The first-order chi connectivity index (χ1) is 15.4. The van der Waals surface area contributed by atoms with E-state index < -0.39 is 10.8 Å². The van der Waals surface area contributed by atoms with Gasteiger partial charge in [0.25, 0.3) is 5.69 Å². The molecule has 0 aliphatic rings. The van der Waals surface area contributed by atoms with Crippen LogP contribution in [0, 0.1) is 17.0 Å². The molecule has 3 aromatic carbocycles. The molecule has 8 heteroatoms. The number of aryl methyl sites for hydroxylation is 1. The van der Waals surface area contributed by atoms with Gasteiger partial charge in [-0.1, -0.05) is 42.0 Å². The van der Waals surface area contributed by atoms with E-state index in [0.29, 0.717) is 5.75 Å². The number of amides is 1. The molecule has 8 nitrogen and oxygen atoms in total. The summed E-state index contributed by atoms with van der Waals surface area (Å²) < 4.78 is 10.3. The topological polar surface area (TPSA) is 103 Å². The molecule has 166 valence electrons. The third-order valence-corrected chi connectivity index (χ3v) is 5.00. The number of nitro benzene ring substituents is 1. The van der Waals surface area contributed by atoms with Crippen molar-refractivity contribution in [3.8, 4) is 11.5 Å². The van der Waals surface area contributed by atoms with E-state index in [0.717, 1.165) is 22.4 Å². The molecule has 2 N–H and O–H groups in total. The van der Waals surface area contributed by atoms with E-state index in [-0.39, 0.29) is 24.0 Å². The highest BCUT2D eigenvalue weighted by molar-refractivity contribution is 5.94. The van der Waals surface area contributed by atoms with Crippen LogP contribution in [0.4, 0.5) is 11.4 Å². The highest BCUT2D eigenvalue weighted by Crippen LogP contribution is 2.29. The van der Waals surface area contributed by atoms with E-state index in [2.05, 4.69) is 10.6 Å². The van der Waals surface area contributed by atoms with E-state index in [4.69, 9.17) is 9.47 Å². The average Bonchev–Trinajstić information content (AvgIpc) is 2.80. The molecule has 0 aromatic heterocycles. The van der Waals surface area contributed by atoms with Gasteiger partial charge >= 0.3 is 0 Å². The van der Waals surface area contributed by atoms with Crippen molar-refractivity contribution >= 4 is 17.3 Å². The monoisotopic (exact) mass is 435 g/mol. The van der Waals surface area contributed by atoms with Crippen LogP contribution < -0.4 is 20.1 Å². The van der Waals surface area contributed by atoms with Crippen molar-refractivity contribution in [2.24, 2.45) is 0 Å². The quantitative estimate of drug-likeness (QED) is 0.385. The predicted octanol–water partition coefficient (Wildman–Crippen LogP) is 4.24. The molecule has 0 saturated carbocycles. The number of carbonyl (C=O) groups is 1. The maximum absolute atomic E-state index is 12.6. The maximum atomic E-state index is 12.6. The van der Waals surface area contributed by atoms with Crippen LogP contribution in [0.3, 0.4) is 0 Å². The van der Waals surface area contributed by atoms with E-state index in [1.54, 1.807) is 13.2 Å². The summed E-state index contributed by atoms with van der Waals surface area (Å²) in [7, 11) is 3.03. The molecule has 0 saturated heterocycles. The molecule has 3 rings (SSSR count). The first-order valence-corrected chi connectivity index (χ1v) is 9.97. The number of nitro groups is 1. The molecular weight excluding hydrogens is 410 g/mol. The molecule has 0 aliphatic heterocycles. The lowest BCUT2D eigenvalue weighted by Crippen LogP contribution is -2.32. The fourth-order valence-corrected chi connectivity index (χ4v) is 3.27. The first kappa shape index (κ1) is 22.8. The summed E-state index contributed by atoms with van der Waals surface area (Å²) in [5.41, 5.74) is 2.95. The fourth-order valence-electron chi connectivity index (χ4n) is 3.27. The summed E-state index contributed by atoms with van der Waals surface area (Å²) in [6, 6.07) is 19.6. The predicted molar refractivity (Wildman–Crippen MR) is 122 cm³/mol. The summed E-state index contributed by atoms with van der Waals surface area (Å²) in [6.45, 7) is 1.96. The minimum atomic E-state index is -0.558. The van der Waals surface area contributed by atoms with Crippen LogP contribution in [-0.4, -0.2) is 31.6 Å². The van der Waals surface area contributed by atoms with Gasteiger partial charge in [0.15, 0.2) is 0 Å². The largest absolute Gasteiger partial charge is 0.497 e. The Labute approximate surface area is 186 Å². The van der Waals surface area contributed by atoms with Crippen LogP contribution in [0.5, 0.6) is 11.5 Å². The molecule has 32 heavy (non-hydrogen) atoms. The Bertz CT molecular complexity index is 1080. The van der Waals surface area contributed by atoms with Gasteiger partial charge in [-0.15, -0.1) is 0 Å². The van der Waals surface area contributed by atoms with Gasteiger partial charge in [0.1, 0.15) is 17.2 Å². The van der Waals surface area contributed by atoms with Crippen molar-refractivity contribution in [1.82, 2.24) is 5.32 Å². The standard InChI is InChI=1S/C24H25N3O5/c1-16-4-6-17(7-5-16)24(18-8-10-19(31-2)11-9-18)25-15-23(28)26-21-13-12-20(32-3)14-22(21)27(29)30/h4-14,24-25H,15H2,1-3H3,(H,26,28). The molecule has 0 bridgehead atoms. The second-order valence-electron chi connectivity index (χ2n) is 7.19. The Hall–Kier alpha value is -3.91. The molecule has 0 aliphatic carbocycles. The first-order valence-electron chi connectivity index (χ1n) is 9.97. The number of nitrogens with zero attached hydrogens (tertiary/aromatic N) is 1. The van der Waals surface area contributed by atoms with Gasteiger partial charge in [0, 0.05) is 0 Å². The summed E-state index contributed by atoms with van der Waals surface area (Å²) in [5, 5.41) is 17.2. The Kier molecular flexibility index (Phi) is 7.41. The van der Waals surface area contributed by atoms with Crippen molar-refractivity contribution in [3.05, 3.63) is 93.5 Å². The Balaban J connectivity index is 1.77. The molecule has 0 radical (unpaired) electrons. The summed E-state index contributed by atoms with van der Waals surface area (Å²) >= 11 is 0. The molecule has 1 amide bonds.